The van der Waals surface area contributed by atoms with Gasteiger partial charge in [-0.2, -0.15) is 14.6 Å². The fourth-order valence-corrected chi connectivity index (χ4v) is 3.86. The van der Waals surface area contributed by atoms with Crippen molar-refractivity contribution in [3.63, 3.8) is 0 Å². The molecule has 5 rings (SSSR count). The van der Waals surface area contributed by atoms with Gasteiger partial charge in [0.1, 0.15) is 18.0 Å². The van der Waals surface area contributed by atoms with Crippen molar-refractivity contribution in [2.45, 2.75) is 57.9 Å². The molecule has 0 unspecified atom stereocenters. The fourth-order valence-electron chi connectivity index (χ4n) is 3.86. The Balaban J connectivity index is 1.56. The van der Waals surface area contributed by atoms with Crippen LogP contribution in [-0.2, 0) is 25.4 Å². The second-order valence-electron chi connectivity index (χ2n) is 8.59. The van der Waals surface area contributed by atoms with Crippen LogP contribution >= 0.6 is 0 Å². The molecule has 0 saturated heterocycles. The van der Waals surface area contributed by atoms with Crippen molar-refractivity contribution in [2.24, 2.45) is 7.05 Å². The van der Waals surface area contributed by atoms with E-state index in [-0.39, 0.29) is 5.41 Å². The molecule has 4 heterocycles. The van der Waals surface area contributed by atoms with E-state index in [0.717, 1.165) is 31.0 Å². The average Bonchev–Trinajstić information content (AvgIpc) is 3.24. The second-order valence-corrected chi connectivity index (χ2v) is 8.59. The molecule has 7 nitrogen and oxygen atoms in total. The van der Waals surface area contributed by atoms with Gasteiger partial charge in [-0.3, -0.25) is 0 Å². The number of imidazole rings is 1. The van der Waals surface area contributed by atoms with Gasteiger partial charge in [0.25, 0.3) is 5.78 Å². The first kappa shape index (κ1) is 15.8. The molecule has 0 amide bonds. The van der Waals surface area contributed by atoms with Gasteiger partial charge in [0, 0.05) is 43.1 Å². The first-order valence-electron chi connectivity index (χ1n) is 9.42. The number of nitrogens with zero attached hydrogens (tertiary/aromatic N) is 7. The Morgan fingerprint density at radius 1 is 1.15 bits per heavy atom. The summed E-state index contributed by atoms with van der Waals surface area (Å²) < 4.78 is 4.19. The number of fused-ring (bicyclic) bond motifs is 2. The van der Waals surface area contributed by atoms with E-state index >= 15 is 0 Å². The molecule has 0 bridgehead atoms. The molecule has 3 aromatic heterocycles. The second kappa shape index (κ2) is 5.28. The smallest absolute Gasteiger partial charge is 0.254 e. The van der Waals surface area contributed by atoms with Gasteiger partial charge in [-0.05, 0) is 12.8 Å². The Hall–Kier alpha value is -2.44. The molecular weight excluding hydrogens is 326 g/mol. The maximum Gasteiger partial charge on any atom is 0.254 e. The van der Waals surface area contributed by atoms with Gasteiger partial charge in [0.15, 0.2) is 0 Å². The third-order valence-electron chi connectivity index (χ3n) is 5.56. The van der Waals surface area contributed by atoms with Gasteiger partial charge in [-0.1, -0.05) is 20.8 Å². The minimum absolute atomic E-state index is 0.0342. The zero-order chi connectivity index (χ0) is 18.1. The number of hydrogen-bond acceptors (Lipinski definition) is 5. The summed E-state index contributed by atoms with van der Waals surface area (Å²) in [4.78, 5) is 16.4. The molecule has 0 spiro atoms. The lowest BCUT2D eigenvalue weighted by Gasteiger charge is -2.30. The SMILES string of the molecule is Cn1c(C2CC2)nc2c1CCN(c1cc(C(C)(C)C)nc3ncnn13)C2. The normalized spacial score (nSPS) is 17.8. The van der Waals surface area contributed by atoms with Crippen LogP contribution in [0, 0.1) is 0 Å². The Morgan fingerprint density at radius 2 is 1.96 bits per heavy atom. The van der Waals surface area contributed by atoms with Gasteiger partial charge in [0.2, 0.25) is 0 Å². The van der Waals surface area contributed by atoms with Crippen LogP contribution in [0.25, 0.3) is 5.78 Å². The van der Waals surface area contributed by atoms with E-state index in [1.54, 1.807) is 6.33 Å². The molecule has 136 valence electrons. The summed E-state index contributed by atoms with van der Waals surface area (Å²) in [5.41, 5.74) is 3.61. The zero-order valence-corrected chi connectivity index (χ0v) is 15.9. The fraction of sp³-hybridized carbons (Fsp3) is 0.579. The quantitative estimate of drug-likeness (QED) is 0.710. The van der Waals surface area contributed by atoms with Crippen LogP contribution in [0.15, 0.2) is 12.4 Å². The number of anilines is 1. The lowest BCUT2D eigenvalue weighted by atomic mass is 9.92. The van der Waals surface area contributed by atoms with Gasteiger partial charge >= 0.3 is 0 Å². The highest BCUT2D eigenvalue weighted by atomic mass is 15.4. The monoisotopic (exact) mass is 351 g/mol. The van der Waals surface area contributed by atoms with Crippen molar-refractivity contribution < 1.29 is 0 Å². The predicted molar refractivity (Wildman–Crippen MR) is 99.4 cm³/mol. The van der Waals surface area contributed by atoms with Crippen molar-refractivity contribution in [1.29, 1.82) is 0 Å². The Bertz CT molecular complexity index is 987. The molecule has 0 N–H and O–H groups in total. The molecule has 0 radical (unpaired) electrons. The maximum absolute atomic E-state index is 4.99. The summed E-state index contributed by atoms with van der Waals surface area (Å²) >= 11 is 0. The summed E-state index contributed by atoms with van der Waals surface area (Å²) in [6, 6.07) is 2.16. The standard InChI is InChI=1S/C19H25N7/c1-19(2,3)15-9-16(26-18(23-15)20-11-21-26)25-8-7-14-13(10-25)22-17(24(14)4)12-5-6-12/h9,11-12H,5-8,10H2,1-4H3. The van der Waals surface area contributed by atoms with Gasteiger partial charge in [-0.15, -0.1) is 0 Å². The summed E-state index contributed by atoms with van der Waals surface area (Å²) in [6.45, 7) is 8.32. The first-order valence-corrected chi connectivity index (χ1v) is 9.42. The molecule has 0 atom stereocenters. The predicted octanol–water partition coefficient (Wildman–Crippen LogP) is 2.60. The molecule has 2 aliphatic rings. The number of aromatic nitrogens is 6. The zero-order valence-electron chi connectivity index (χ0n) is 15.9. The summed E-state index contributed by atoms with van der Waals surface area (Å²) in [5.74, 6) is 3.67. The van der Waals surface area contributed by atoms with Crippen molar-refractivity contribution in [3.8, 4) is 0 Å². The Kier molecular flexibility index (Phi) is 3.21. The van der Waals surface area contributed by atoms with Gasteiger partial charge in [0.05, 0.1) is 17.9 Å². The minimum atomic E-state index is -0.0342. The third kappa shape index (κ3) is 2.40. The lowest BCUT2D eigenvalue weighted by Crippen LogP contribution is -2.33. The van der Waals surface area contributed by atoms with Crippen molar-refractivity contribution in [2.75, 3.05) is 11.4 Å². The van der Waals surface area contributed by atoms with Crippen LogP contribution in [0.1, 0.15) is 62.4 Å². The molecule has 1 aliphatic carbocycles. The maximum atomic E-state index is 4.99. The van der Waals surface area contributed by atoms with E-state index in [1.165, 1.54) is 30.1 Å². The van der Waals surface area contributed by atoms with Crippen LogP contribution in [0.5, 0.6) is 0 Å². The van der Waals surface area contributed by atoms with Crippen LogP contribution in [0.2, 0.25) is 0 Å². The molecule has 26 heavy (non-hydrogen) atoms. The highest BCUT2D eigenvalue weighted by Crippen LogP contribution is 2.40. The highest BCUT2D eigenvalue weighted by Gasteiger charge is 2.32. The average molecular weight is 351 g/mol. The molecule has 0 aromatic carbocycles. The van der Waals surface area contributed by atoms with Crippen molar-refractivity contribution in [1.82, 2.24) is 29.1 Å². The highest BCUT2D eigenvalue weighted by molar-refractivity contribution is 5.50. The third-order valence-corrected chi connectivity index (χ3v) is 5.56. The molecule has 3 aromatic rings. The van der Waals surface area contributed by atoms with Crippen LogP contribution in [0.3, 0.4) is 0 Å². The number of hydrogen-bond donors (Lipinski definition) is 0. The number of rotatable bonds is 2. The molecule has 1 fully saturated rings. The summed E-state index contributed by atoms with van der Waals surface area (Å²) in [5, 5.41) is 4.41. The lowest BCUT2D eigenvalue weighted by molar-refractivity contribution is 0.565. The van der Waals surface area contributed by atoms with E-state index < -0.39 is 0 Å². The first-order chi connectivity index (χ1) is 12.4. The molecule has 7 heteroatoms. The Morgan fingerprint density at radius 3 is 2.69 bits per heavy atom. The van der Waals surface area contributed by atoms with E-state index in [9.17, 15) is 0 Å². The van der Waals surface area contributed by atoms with Crippen LogP contribution in [-0.4, -0.2) is 35.7 Å². The van der Waals surface area contributed by atoms with Gasteiger partial charge < -0.3 is 9.47 Å². The molecule has 1 aliphatic heterocycles. The largest absolute Gasteiger partial charge is 0.350 e. The summed E-state index contributed by atoms with van der Waals surface area (Å²) in [7, 11) is 2.18. The molecular formula is C19H25N7. The minimum Gasteiger partial charge on any atom is -0.350 e. The van der Waals surface area contributed by atoms with Crippen molar-refractivity contribution >= 4 is 11.6 Å². The van der Waals surface area contributed by atoms with Crippen molar-refractivity contribution in [3.05, 3.63) is 35.3 Å². The van der Waals surface area contributed by atoms with Gasteiger partial charge in [-0.25, -0.2) is 9.97 Å². The van der Waals surface area contributed by atoms with E-state index in [1.807, 2.05) is 4.52 Å². The summed E-state index contributed by atoms with van der Waals surface area (Å²) in [6.07, 6.45) is 5.16. The van der Waals surface area contributed by atoms with E-state index in [0.29, 0.717) is 11.7 Å². The van der Waals surface area contributed by atoms with E-state index in [4.69, 9.17) is 9.97 Å². The van der Waals surface area contributed by atoms with E-state index in [2.05, 4.69) is 53.4 Å². The topological polar surface area (TPSA) is 64.1 Å². The molecule has 1 saturated carbocycles. The van der Waals surface area contributed by atoms with Crippen LogP contribution in [0.4, 0.5) is 5.82 Å². The van der Waals surface area contributed by atoms with Crippen LogP contribution < -0.4 is 4.90 Å². The Labute approximate surface area is 153 Å².